The average molecular weight is 688 g/mol. The van der Waals surface area contributed by atoms with E-state index < -0.39 is 18.2 Å². The van der Waals surface area contributed by atoms with Gasteiger partial charge in [-0.1, -0.05) is 50.1 Å². The lowest BCUT2D eigenvalue weighted by Crippen LogP contribution is -2.51. The van der Waals surface area contributed by atoms with Crippen LogP contribution < -0.4 is 5.32 Å². The third-order valence-corrected chi connectivity index (χ3v) is 9.43. The molecule has 6 rings (SSSR count). The fourth-order valence-corrected chi connectivity index (χ4v) is 6.84. The molecule has 0 radical (unpaired) electrons. The van der Waals surface area contributed by atoms with Crippen molar-refractivity contribution in [3.8, 4) is 46.1 Å². The predicted octanol–water partition coefficient (Wildman–Crippen LogP) is 6.04. The van der Waals surface area contributed by atoms with Crippen LogP contribution in [0.25, 0.3) is 22.4 Å². The van der Waals surface area contributed by atoms with Crippen molar-refractivity contribution in [2.45, 2.75) is 64.6 Å². The number of nitrogens with one attached hydrogen (secondary N) is 3. The lowest BCUT2D eigenvalue weighted by atomic mass is 9.93. The molecule has 0 bridgehead atoms. The van der Waals surface area contributed by atoms with Crippen LogP contribution in [0.5, 0.6) is 0 Å². The molecular formula is C39H41N7O5. The first kappa shape index (κ1) is 34.8. The van der Waals surface area contributed by atoms with Crippen LogP contribution in [0.3, 0.4) is 0 Å². The largest absolute Gasteiger partial charge is 0.465 e. The summed E-state index contributed by atoms with van der Waals surface area (Å²) in [7, 11) is 1.28. The Morgan fingerprint density at radius 2 is 1.59 bits per heavy atom. The molecular weight excluding hydrogens is 646 g/mol. The number of hydrogen-bond acceptors (Lipinski definition) is 6. The van der Waals surface area contributed by atoms with E-state index in [9.17, 15) is 19.5 Å². The number of rotatable bonds is 7. The zero-order chi connectivity index (χ0) is 36.1. The Bertz CT molecular complexity index is 2050. The first-order chi connectivity index (χ1) is 24.6. The number of aromatic nitrogens is 4. The van der Waals surface area contributed by atoms with E-state index in [-0.39, 0.29) is 23.9 Å². The maximum atomic E-state index is 13.6. The highest BCUT2D eigenvalue weighted by Gasteiger charge is 2.37. The molecule has 0 spiro atoms. The summed E-state index contributed by atoms with van der Waals surface area (Å²) in [6, 6.07) is 12.9. The molecule has 0 saturated carbocycles. The molecule has 2 aromatic carbocycles. The summed E-state index contributed by atoms with van der Waals surface area (Å²) in [5.74, 6) is 13.2. The van der Waals surface area contributed by atoms with E-state index >= 15 is 0 Å². The van der Waals surface area contributed by atoms with E-state index in [1.165, 1.54) is 12.0 Å². The number of alkyl carbamates (subject to hydrolysis) is 1. The van der Waals surface area contributed by atoms with Crippen molar-refractivity contribution < 1.29 is 24.2 Å². The Hall–Kier alpha value is -6.01. The molecule has 2 aliphatic heterocycles. The SMILES string of the molecule is COC(=O)N[C@H](C(=O)N1CCC[C@H]1c1ncc(-c2cc(C)c(C#CC#Cc3cnc([C@@H]4CCCN4C(=O)O)[nH]3)c(-c3ccccc3)c2)[nH]1)C(C)C. The van der Waals surface area contributed by atoms with Crippen LogP contribution in [0.4, 0.5) is 9.59 Å². The highest BCUT2D eigenvalue weighted by Crippen LogP contribution is 2.35. The van der Waals surface area contributed by atoms with Gasteiger partial charge in [0.05, 0.1) is 37.3 Å². The molecule has 2 fully saturated rings. The molecule has 3 amide bonds. The molecule has 0 aliphatic carbocycles. The topological polar surface area (TPSA) is 157 Å². The number of carboxylic acid groups (broad SMARTS) is 1. The Kier molecular flexibility index (Phi) is 10.4. The van der Waals surface area contributed by atoms with Gasteiger partial charge in [0.25, 0.3) is 0 Å². The van der Waals surface area contributed by atoms with Crippen LogP contribution in [-0.2, 0) is 9.53 Å². The van der Waals surface area contributed by atoms with Gasteiger partial charge in [-0.15, -0.1) is 0 Å². The third kappa shape index (κ3) is 7.60. The molecule has 12 nitrogen and oxygen atoms in total. The molecule has 3 atom stereocenters. The van der Waals surface area contributed by atoms with Crippen LogP contribution in [0, 0.1) is 36.5 Å². The average Bonchev–Trinajstić information content (AvgIpc) is 3.96. The van der Waals surface area contributed by atoms with Gasteiger partial charge in [-0.3, -0.25) is 9.69 Å². The summed E-state index contributed by atoms with van der Waals surface area (Å²) in [6.07, 6.45) is 4.92. The Morgan fingerprint density at radius 3 is 2.29 bits per heavy atom. The second kappa shape index (κ2) is 15.3. The lowest BCUT2D eigenvalue weighted by molar-refractivity contribution is -0.135. The summed E-state index contributed by atoms with van der Waals surface area (Å²) in [5, 5.41) is 12.2. The minimum atomic E-state index is -0.949. The molecule has 2 aliphatic rings. The molecule has 4 aromatic rings. The number of aromatic amines is 2. The molecule has 4 heterocycles. The van der Waals surface area contributed by atoms with Gasteiger partial charge in [0, 0.05) is 24.2 Å². The van der Waals surface area contributed by atoms with Crippen LogP contribution in [0.1, 0.15) is 80.1 Å². The number of aryl methyl sites for hydroxylation is 1. The monoisotopic (exact) mass is 687 g/mol. The summed E-state index contributed by atoms with van der Waals surface area (Å²) in [6.45, 7) is 6.87. The van der Waals surface area contributed by atoms with Crippen molar-refractivity contribution in [3.05, 3.63) is 83.3 Å². The highest BCUT2D eigenvalue weighted by molar-refractivity contribution is 5.86. The fourth-order valence-electron chi connectivity index (χ4n) is 6.84. The summed E-state index contributed by atoms with van der Waals surface area (Å²) in [5.41, 5.74) is 6.07. The van der Waals surface area contributed by atoms with Gasteiger partial charge in [-0.05, 0) is 85.1 Å². The van der Waals surface area contributed by atoms with Crippen molar-refractivity contribution in [1.29, 1.82) is 0 Å². The fraction of sp³-hybridized carbons (Fsp3) is 0.359. The second-order valence-corrected chi connectivity index (χ2v) is 13.1. The van der Waals surface area contributed by atoms with Crippen LogP contribution in [0.2, 0.25) is 0 Å². The summed E-state index contributed by atoms with van der Waals surface area (Å²) >= 11 is 0. The van der Waals surface area contributed by atoms with Gasteiger partial charge in [-0.2, -0.15) is 0 Å². The van der Waals surface area contributed by atoms with Crippen molar-refractivity contribution >= 4 is 18.1 Å². The summed E-state index contributed by atoms with van der Waals surface area (Å²) in [4.78, 5) is 56.1. The molecule has 4 N–H and O–H groups in total. The normalized spacial score (nSPS) is 17.4. The number of hydrogen-bond donors (Lipinski definition) is 4. The first-order valence-corrected chi connectivity index (χ1v) is 17.1. The Labute approximate surface area is 297 Å². The number of ether oxygens (including phenoxy) is 1. The molecule has 2 saturated heterocycles. The van der Waals surface area contributed by atoms with Crippen LogP contribution in [-0.4, -0.2) is 79.2 Å². The minimum Gasteiger partial charge on any atom is -0.465 e. The van der Waals surface area contributed by atoms with Crippen LogP contribution in [0.15, 0.2) is 54.9 Å². The summed E-state index contributed by atoms with van der Waals surface area (Å²) < 4.78 is 4.76. The zero-order valence-electron chi connectivity index (χ0n) is 29.1. The Balaban J connectivity index is 1.25. The van der Waals surface area contributed by atoms with Crippen molar-refractivity contribution in [2.24, 2.45) is 5.92 Å². The number of methoxy groups -OCH3 is 1. The number of carbonyl (C=O) groups is 3. The van der Waals surface area contributed by atoms with E-state index in [2.05, 4.69) is 56.1 Å². The number of imidazole rings is 2. The lowest BCUT2D eigenvalue weighted by Gasteiger charge is -2.30. The molecule has 2 aromatic heterocycles. The predicted molar refractivity (Wildman–Crippen MR) is 191 cm³/mol. The van der Waals surface area contributed by atoms with E-state index in [4.69, 9.17) is 9.72 Å². The number of amides is 3. The van der Waals surface area contributed by atoms with Crippen molar-refractivity contribution in [1.82, 2.24) is 35.1 Å². The maximum absolute atomic E-state index is 13.6. The Morgan fingerprint density at radius 1 is 0.922 bits per heavy atom. The van der Waals surface area contributed by atoms with Gasteiger partial charge in [0.1, 0.15) is 23.4 Å². The molecule has 262 valence electrons. The number of carbonyl (C=O) groups excluding carboxylic acids is 2. The standard InChI is InChI=1S/C39H41N7O5/c1-24(2)34(44-38(48)51-4)37(47)45-18-10-16-32(45)36-41-23-31(43-36)27-20-25(3)29(30(21-27)26-12-6-5-7-13-26)15-9-8-14-28-22-40-35(42-28)33-17-11-19-46(33)39(49)50/h5-7,12-13,20-24,32-34H,10-11,16-19H2,1-4H3,(H,40,42)(H,41,43)(H,44,48)(H,49,50)/t32-,33-,34-/m0/s1. The maximum Gasteiger partial charge on any atom is 0.407 e. The molecule has 0 unspecified atom stereocenters. The van der Waals surface area contributed by atoms with E-state index in [0.29, 0.717) is 30.4 Å². The van der Waals surface area contributed by atoms with Crippen molar-refractivity contribution in [3.63, 3.8) is 0 Å². The number of likely N-dealkylation sites (tertiary alicyclic amines) is 2. The van der Waals surface area contributed by atoms with E-state index in [1.807, 2.05) is 51.1 Å². The first-order valence-electron chi connectivity index (χ1n) is 17.1. The number of H-pyrrole nitrogens is 2. The highest BCUT2D eigenvalue weighted by atomic mass is 16.5. The van der Waals surface area contributed by atoms with Gasteiger partial charge in [-0.25, -0.2) is 19.6 Å². The van der Waals surface area contributed by atoms with E-state index in [1.54, 1.807) is 17.3 Å². The number of benzene rings is 2. The smallest absolute Gasteiger partial charge is 0.407 e. The minimum absolute atomic E-state index is 0.121. The quantitative estimate of drug-likeness (QED) is 0.173. The third-order valence-electron chi connectivity index (χ3n) is 9.43. The van der Waals surface area contributed by atoms with Crippen molar-refractivity contribution in [2.75, 3.05) is 20.2 Å². The zero-order valence-corrected chi connectivity index (χ0v) is 29.1. The second-order valence-electron chi connectivity index (χ2n) is 13.1. The van der Waals surface area contributed by atoms with Gasteiger partial charge in [0.15, 0.2) is 0 Å². The van der Waals surface area contributed by atoms with Crippen LogP contribution >= 0.6 is 0 Å². The van der Waals surface area contributed by atoms with Gasteiger partial charge < -0.3 is 30.0 Å². The number of nitrogens with zero attached hydrogens (tertiary/aromatic N) is 4. The van der Waals surface area contributed by atoms with Gasteiger partial charge in [0.2, 0.25) is 5.91 Å². The van der Waals surface area contributed by atoms with Gasteiger partial charge >= 0.3 is 12.2 Å². The molecule has 51 heavy (non-hydrogen) atoms. The van der Waals surface area contributed by atoms with E-state index in [0.717, 1.165) is 59.2 Å². The molecule has 12 heteroatoms.